The fraction of sp³-hybridized carbons (Fsp3) is 0. The molecule has 102 valence electrons. The van der Waals surface area contributed by atoms with E-state index in [2.05, 4.69) is 15.0 Å². The van der Waals surface area contributed by atoms with Crippen molar-refractivity contribution < 1.29 is 14.0 Å². The Morgan fingerprint density at radius 3 is 2.80 bits per heavy atom. The minimum absolute atomic E-state index is 0.00313. The van der Waals surface area contributed by atoms with Gasteiger partial charge in [-0.05, 0) is 24.3 Å². The van der Waals surface area contributed by atoms with E-state index in [-0.39, 0.29) is 21.3 Å². The Bertz CT molecular complexity index is 657. The summed E-state index contributed by atoms with van der Waals surface area (Å²) in [5, 5.41) is 3.55. The van der Waals surface area contributed by atoms with Crippen LogP contribution in [0.1, 0.15) is 15.9 Å². The average Bonchev–Trinajstić information content (AvgIpc) is 2.42. The minimum atomic E-state index is -0.799. The van der Waals surface area contributed by atoms with E-state index < -0.39 is 11.8 Å². The predicted molar refractivity (Wildman–Crippen MR) is 73.7 cm³/mol. The number of hydrogen-bond acceptors (Lipinski definition) is 4. The van der Waals surface area contributed by atoms with Gasteiger partial charge in [0.05, 0.1) is 22.4 Å². The monoisotopic (exact) mass is 312 g/mol. The molecule has 0 unspecified atom stereocenters. The summed E-state index contributed by atoms with van der Waals surface area (Å²) in [5.41, 5.74) is 0.0881. The topological polar surface area (TPSA) is 51.5 Å². The molecule has 20 heavy (non-hydrogen) atoms. The van der Waals surface area contributed by atoms with Crippen molar-refractivity contribution >= 4 is 35.4 Å². The summed E-state index contributed by atoms with van der Waals surface area (Å²) in [6.07, 6.45) is 2.45. The molecule has 0 spiro atoms. The van der Waals surface area contributed by atoms with Crippen LogP contribution in [-0.4, -0.2) is 17.2 Å². The first-order valence-electron chi connectivity index (χ1n) is 5.39. The number of rotatable bonds is 3. The Morgan fingerprint density at radius 1 is 1.30 bits per heavy atom. The molecule has 2 aromatic rings. The zero-order valence-corrected chi connectivity index (χ0v) is 11.4. The van der Waals surface area contributed by atoms with Gasteiger partial charge in [-0.25, -0.2) is 14.2 Å². The van der Waals surface area contributed by atoms with E-state index in [1.165, 1.54) is 36.5 Å². The summed E-state index contributed by atoms with van der Waals surface area (Å²) >= 11 is 11.5. The van der Waals surface area contributed by atoms with Crippen LogP contribution < -0.4 is 0 Å². The van der Waals surface area contributed by atoms with Crippen LogP contribution in [0.5, 0.6) is 0 Å². The molecule has 0 aliphatic heterocycles. The van der Waals surface area contributed by atoms with Crippen molar-refractivity contribution in [3.05, 3.63) is 63.6 Å². The summed E-state index contributed by atoms with van der Waals surface area (Å²) in [7, 11) is 0. The second-order valence-corrected chi connectivity index (χ2v) is 4.36. The summed E-state index contributed by atoms with van der Waals surface area (Å²) in [5.74, 6) is -1.37. The maximum Gasteiger partial charge on any atom is 0.368 e. The highest BCUT2D eigenvalue weighted by Gasteiger charge is 2.12. The lowest BCUT2D eigenvalue weighted by molar-refractivity contribution is 0.0519. The highest BCUT2D eigenvalue weighted by molar-refractivity contribution is 6.33. The zero-order chi connectivity index (χ0) is 14.5. The van der Waals surface area contributed by atoms with Gasteiger partial charge in [-0.1, -0.05) is 34.4 Å². The molecule has 0 saturated carbocycles. The van der Waals surface area contributed by atoms with Gasteiger partial charge >= 0.3 is 5.97 Å². The highest BCUT2D eigenvalue weighted by Crippen LogP contribution is 2.17. The second kappa shape index (κ2) is 6.45. The molecule has 1 aromatic heterocycles. The molecule has 0 aliphatic rings. The van der Waals surface area contributed by atoms with Crippen molar-refractivity contribution in [1.82, 2.24) is 4.98 Å². The molecule has 0 fully saturated rings. The molecular formula is C13H7Cl2FN2O2. The van der Waals surface area contributed by atoms with Crippen molar-refractivity contribution in [3.8, 4) is 0 Å². The van der Waals surface area contributed by atoms with Gasteiger partial charge in [0, 0.05) is 6.20 Å². The van der Waals surface area contributed by atoms with Crippen molar-refractivity contribution in [2.75, 3.05) is 0 Å². The third-order valence-corrected chi connectivity index (χ3v) is 2.93. The zero-order valence-electron chi connectivity index (χ0n) is 9.89. The highest BCUT2D eigenvalue weighted by atomic mass is 35.5. The van der Waals surface area contributed by atoms with Gasteiger partial charge in [0.1, 0.15) is 11.0 Å². The Kier molecular flexibility index (Phi) is 4.65. The number of halogens is 3. The molecule has 0 amide bonds. The van der Waals surface area contributed by atoms with Crippen LogP contribution in [0.15, 0.2) is 41.7 Å². The quantitative estimate of drug-likeness (QED) is 0.375. The Labute approximate surface area is 123 Å². The first-order chi connectivity index (χ1) is 9.59. The number of benzene rings is 1. The first-order valence-corrected chi connectivity index (χ1v) is 6.14. The number of carbonyl (C=O) groups is 1. The molecule has 0 N–H and O–H groups in total. The van der Waals surface area contributed by atoms with E-state index in [9.17, 15) is 9.18 Å². The Balaban J connectivity index is 2.11. The van der Waals surface area contributed by atoms with Gasteiger partial charge in [-0.15, -0.1) is 0 Å². The van der Waals surface area contributed by atoms with E-state index in [0.29, 0.717) is 0 Å². The number of pyridine rings is 1. The number of oxime groups is 1. The largest absolute Gasteiger partial charge is 0.368 e. The van der Waals surface area contributed by atoms with E-state index in [0.717, 1.165) is 6.21 Å². The van der Waals surface area contributed by atoms with Crippen molar-refractivity contribution in [2.24, 2.45) is 5.16 Å². The summed E-state index contributed by atoms with van der Waals surface area (Å²) in [6, 6.07) is 7.12. The van der Waals surface area contributed by atoms with Gasteiger partial charge in [-0.2, -0.15) is 0 Å². The van der Waals surface area contributed by atoms with Crippen LogP contribution in [-0.2, 0) is 4.84 Å². The van der Waals surface area contributed by atoms with Crippen LogP contribution in [0.25, 0.3) is 0 Å². The molecule has 0 bridgehead atoms. The molecular weight excluding hydrogens is 306 g/mol. The molecule has 0 aliphatic carbocycles. The maximum absolute atomic E-state index is 13.4. The maximum atomic E-state index is 13.4. The van der Waals surface area contributed by atoms with Crippen LogP contribution >= 0.6 is 23.2 Å². The van der Waals surface area contributed by atoms with Crippen LogP contribution in [0.4, 0.5) is 4.39 Å². The van der Waals surface area contributed by atoms with Crippen molar-refractivity contribution in [3.63, 3.8) is 0 Å². The minimum Gasteiger partial charge on any atom is -0.313 e. The fourth-order valence-corrected chi connectivity index (χ4v) is 1.76. The molecule has 1 aromatic carbocycles. The van der Waals surface area contributed by atoms with Gasteiger partial charge in [0.15, 0.2) is 0 Å². The van der Waals surface area contributed by atoms with Crippen molar-refractivity contribution in [1.29, 1.82) is 0 Å². The first kappa shape index (κ1) is 14.4. The molecule has 2 rings (SSSR count). The molecule has 4 nitrogen and oxygen atoms in total. The van der Waals surface area contributed by atoms with E-state index in [1.807, 2.05) is 0 Å². The lowest BCUT2D eigenvalue weighted by atomic mass is 10.2. The Morgan fingerprint density at radius 2 is 2.10 bits per heavy atom. The lowest BCUT2D eigenvalue weighted by Crippen LogP contribution is -2.03. The van der Waals surface area contributed by atoms with E-state index >= 15 is 0 Å². The molecule has 0 saturated heterocycles. The number of aromatic nitrogens is 1. The normalized spacial score (nSPS) is 10.8. The molecule has 1 heterocycles. The molecule has 0 radical (unpaired) electrons. The van der Waals surface area contributed by atoms with Gasteiger partial charge < -0.3 is 4.84 Å². The lowest BCUT2D eigenvalue weighted by Gasteiger charge is -2.00. The number of nitrogens with zero attached hydrogens (tertiary/aromatic N) is 2. The van der Waals surface area contributed by atoms with Gasteiger partial charge in [0.2, 0.25) is 0 Å². The van der Waals surface area contributed by atoms with Crippen molar-refractivity contribution in [2.45, 2.75) is 0 Å². The van der Waals surface area contributed by atoms with Crippen LogP contribution in [0, 0.1) is 5.82 Å². The smallest absolute Gasteiger partial charge is 0.313 e. The second-order valence-electron chi connectivity index (χ2n) is 3.59. The molecule has 0 atom stereocenters. The summed E-state index contributed by atoms with van der Waals surface area (Å²) in [6.45, 7) is 0. The SMILES string of the molecule is O=C(ON=Cc1c(F)cccc1Cl)c1cccnc1Cl. The van der Waals surface area contributed by atoms with Crippen LogP contribution in [0.3, 0.4) is 0 Å². The average molecular weight is 313 g/mol. The van der Waals surface area contributed by atoms with Crippen LogP contribution in [0.2, 0.25) is 10.2 Å². The summed E-state index contributed by atoms with van der Waals surface area (Å²) < 4.78 is 13.4. The third kappa shape index (κ3) is 3.31. The predicted octanol–water partition coefficient (Wildman–Crippen LogP) is 3.72. The number of carbonyl (C=O) groups excluding carboxylic acids is 1. The van der Waals surface area contributed by atoms with E-state index in [4.69, 9.17) is 23.2 Å². The van der Waals surface area contributed by atoms with E-state index in [1.54, 1.807) is 0 Å². The van der Waals surface area contributed by atoms with Gasteiger partial charge in [-0.3, -0.25) is 0 Å². The molecule has 7 heteroatoms. The summed E-state index contributed by atoms with van der Waals surface area (Å²) in [4.78, 5) is 20.0. The number of hydrogen-bond donors (Lipinski definition) is 0. The third-order valence-electron chi connectivity index (χ3n) is 2.30. The van der Waals surface area contributed by atoms with Gasteiger partial charge in [0.25, 0.3) is 0 Å². The Hall–Kier alpha value is -1.98. The fourth-order valence-electron chi connectivity index (χ4n) is 1.35. The standard InChI is InChI=1S/C13H7Cl2FN2O2/c14-10-4-1-5-11(16)9(10)7-18-20-13(19)8-3-2-6-17-12(8)15/h1-7H.